The summed E-state index contributed by atoms with van der Waals surface area (Å²) in [5.74, 6) is -1.79. The summed E-state index contributed by atoms with van der Waals surface area (Å²) < 4.78 is 11.1. The molecule has 0 saturated heterocycles. The third kappa shape index (κ3) is 5.45. The number of carbonyl (C=O) groups is 3. The predicted molar refractivity (Wildman–Crippen MR) is 103 cm³/mol. The molecule has 0 radical (unpaired) electrons. The molecule has 1 amide bonds. The lowest BCUT2D eigenvalue weighted by molar-refractivity contribution is -0.148. The molecular weight excluding hydrogens is 398 g/mol. The maximum absolute atomic E-state index is 12.3. The lowest BCUT2D eigenvalue weighted by Gasteiger charge is -2.07. The Kier molecular flexibility index (Phi) is 6.63. The van der Waals surface area contributed by atoms with Gasteiger partial charge in [-0.05, 0) is 29.0 Å². The summed E-state index contributed by atoms with van der Waals surface area (Å²) >= 11 is 1.21. The van der Waals surface area contributed by atoms with Crippen LogP contribution < -0.4 is 5.32 Å². The first-order valence-corrected chi connectivity index (χ1v) is 9.41. The largest absolute Gasteiger partial charge is 0.462 e. The van der Waals surface area contributed by atoms with Gasteiger partial charge >= 0.3 is 11.9 Å². The lowest BCUT2D eigenvalue weighted by atomic mass is 10.2. The molecule has 150 valence electrons. The van der Waals surface area contributed by atoms with Gasteiger partial charge in [-0.3, -0.25) is 9.59 Å². The van der Waals surface area contributed by atoms with E-state index in [1.165, 1.54) is 22.3 Å². The molecule has 0 bridgehead atoms. The van der Waals surface area contributed by atoms with Crippen molar-refractivity contribution in [2.75, 3.05) is 18.5 Å². The first kappa shape index (κ1) is 20.1. The molecule has 3 aromatic rings. The quantitative estimate of drug-likeness (QED) is 0.552. The van der Waals surface area contributed by atoms with Crippen LogP contribution in [0.15, 0.2) is 42.7 Å². The van der Waals surface area contributed by atoms with Gasteiger partial charge in [0.05, 0.1) is 12.3 Å². The number of thiophene rings is 1. The number of nitrogens with one attached hydrogen (secondary N) is 1. The molecule has 0 aliphatic carbocycles. The summed E-state index contributed by atoms with van der Waals surface area (Å²) in [4.78, 5) is 37.3. The van der Waals surface area contributed by atoms with Crippen molar-refractivity contribution < 1.29 is 23.9 Å². The fourth-order valence-corrected chi connectivity index (χ4v) is 3.35. The van der Waals surface area contributed by atoms with E-state index in [1.54, 1.807) is 13.0 Å². The molecule has 2 heterocycles. The first-order valence-electron chi connectivity index (χ1n) is 8.59. The van der Waals surface area contributed by atoms with Crippen LogP contribution in [0, 0.1) is 0 Å². The van der Waals surface area contributed by atoms with Crippen LogP contribution in [0.3, 0.4) is 0 Å². The van der Waals surface area contributed by atoms with Crippen LogP contribution >= 0.6 is 11.3 Å². The van der Waals surface area contributed by atoms with Crippen molar-refractivity contribution in [3.05, 3.63) is 47.6 Å². The normalized spacial score (nSPS) is 10.4. The Morgan fingerprint density at radius 3 is 2.66 bits per heavy atom. The number of ether oxygens (including phenoxy) is 2. The van der Waals surface area contributed by atoms with Gasteiger partial charge < -0.3 is 14.8 Å². The second kappa shape index (κ2) is 9.55. The Morgan fingerprint density at radius 2 is 1.97 bits per heavy atom. The van der Waals surface area contributed by atoms with Gasteiger partial charge in [0.15, 0.2) is 6.61 Å². The van der Waals surface area contributed by atoms with Crippen LogP contribution in [0.1, 0.15) is 16.6 Å². The number of nitrogens with zero attached hydrogens (tertiary/aromatic N) is 4. The number of hydrogen-bond acceptors (Lipinski definition) is 9. The van der Waals surface area contributed by atoms with E-state index in [4.69, 9.17) is 9.47 Å². The summed E-state index contributed by atoms with van der Waals surface area (Å²) in [6.07, 6.45) is 1.25. The highest BCUT2D eigenvalue weighted by molar-refractivity contribution is 7.18. The highest BCUT2D eigenvalue weighted by atomic mass is 32.1. The fourth-order valence-electron chi connectivity index (χ4n) is 2.34. The Morgan fingerprint density at radius 1 is 1.17 bits per heavy atom. The Labute approximate surface area is 169 Å². The fraction of sp³-hybridized carbons (Fsp3) is 0.222. The van der Waals surface area contributed by atoms with E-state index in [0.29, 0.717) is 5.69 Å². The van der Waals surface area contributed by atoms with Crippen molar-refractivity contribution >= 4 is 34.9 Å². The number of carbonyl (C=O) groups excluding carboxylic acids is 3. The van der Waals surface area contributed by atoms with E-state index in [9.17, 15) is 14.4 Å². The minimum absolute atomic E-state index is 0.208. The summed E-state index contributed by atoms with van der Waals surface area (Å²) in [5.41, 5.74) is 1.20. The highest BCUT2D eigenvalue weighted by Gasteiger charge is 2.20. The zero-order valence-corrected chi connectivity index (χ0v) is 16.2. The first-order chi connectivity index (χ1) is 14.1. The third-order valence-corrected chi connectivity index (χ3v) is 4.74. The second-order valence-corrected chi connectivity index (χ2v) is 6.71. The molecule has 0 fully saturated rings. The zero-order valence-electron chi connectivity index (χ0n) is 15.4. The van der Waals surface area contributed by atoms with Gasteiger partial charge in [0.1, 0.15) is 17.7 Å². The number of rotatable bonds is 8. The van der Waals surface area contributed by atoms with Crippen molar-refractivity contribution in [2.45, 2.75) is 13.5 Å². The summed E-state index contributed by atoms with van der Waals surface area (Å²) in [7, 11) is 0. The number of anilines is 1. The predicted octanol–water partition coefficient (Wildman–Crippen LogP) is 1.76. The van der Waals surface area contributed by atoms with Gasteiger partial charge in [-0.25, -0.2) is 9.48 Å². The molecule has 3 rings (SSSR count). The van der Waals surface area contributed by atoms with E-state index in [0.717, 1.165) is 10.4 Å². The summed E-state index contributed by atoms with van der Waals surface area (Å²) in [5, 5.41) is 12.9. The minimum atomic E-state index is -0.673. The van der Waals surface area contributed by atoms with E-state index in [1.807, 2.05) is 30.3 Å². The Balaban J connectivity index is 1.67. The van der Waals surface area contributed by atoms with Crippen LogP contribution in [-0.4, -0.2) is 51.3 Å². The van der Waals surface area contributed by atoms with E-state index < -0.39 is 24.5 Å². The summed E-state index contributed by atoms with van der Waals surface area (Å²) in [6.45, 7) is 1.18. The molecule has 0 atom stereocenters. The number of benzene rings is 1. The number of esters is 2. The Hall–Kier alpha value is -3.60. The molecule has 11 heteroatoms. The van der Waals surface area contributed by atoms with Crippen molar-refractivity contribution in [1.82, 2.24) is 20.2 Å². The molecule has 0 unspecified atom stereocenters. The second-order valence-electron chi connectivity index (χ2n) is 5.66. The molecule has 1 aromatic carbocycles. The molecule has 0 aliphatic heterocycles. The molecule has 0 spiro atoms. The average Bonchev–Trinajstić information content (AvgIpc) is 3.37. The van der Waals surface area contributed by atoms with Crippen molar-refractivity contribution in [1.29, 1.82) is 0 Å². The van der Waals surface area contributed by atoms with Crippen LogP contribution in [0.2, 0.25) is 0 Å². The standard InChI is InChI=1S/C18H17N5O5S/c1-2-27-18(26)17-13(8-14(29-17)12-6-4-3-5-7-12)20-15(24)10-28-16(25)9-23-11-19-21-22-23/h3-8,11H,2,9-10H2,1H3,(H,20,24). The molecule has 0 saturated carbocycles. The molecule has 10 nitrogen and oxygen atoms in total. The Bertz CT molecular complexity index is 988. The molecule has 1 N–H and O–H groups in total. The van der Waals surface area contributed by atoms with Crippen LogP contribution in [0.4, 0.5) is 5.69 Å². The molecule has 2 aromatic heterocycles. The van der Waals surface area contributed by atoms with Crippen molar-refractivity contribution in [2.24, 2.45) is 0 Å². The number of amides is 1. The van der Waals surface area contributed by atoms with Gasteiger partial charge in [0.25, 0.3) is 5.91 Å². The van der Waals surface area contributed by atoms with Crippen molar-refractivity contribution in [3.63, 3.8) is 0 Å². The van der Waals surface area contributed by atoms with E-state index >= 15 is 0 Å². The number of aromatic nitrogens is 4. The van der Waals surface area contributed by atoms with Gasteiger partial charge in [-0.15, -0.1) is 16.4 Å². The zero-order chi connectivity index (χ0) is 20.6. The smallest absolute Gasteiger partial charge is 0.350 e. The van der Waals surface area contributed by atoms with Gasteiger partial charge in [-0.1, -0.05) is 30.3 Å². The lowest BCUT2D eigenvalue weighted by Crippen LogP contribution is -2.23. The highest BCUT2D eigenvalue weighted by Crippen LogP contribution is 2.35. The van der Waals surface area contributed by atoms with E-state index in [-0.39, 0.29) is 18.0 Å². The number of hydrogen-bond donors (Lipinski definition) is 1. The molecule has 0 aliphatic rings. The van der Waals surface area contributed by atoms with Gasteiger partial charge in [0, 0.05) is 4.88 Å². The number of tetrazole rings is 1. The summed E-state index contributed by atoms with van der Waals surface area (Å²) in [6, 6.07) is 11.1. The maximum Gasteiger partial charge on any atom is 0.350 e. The van der Waals surface area contributed by atoms with Crippen LogP contribution in [-0.2, 0) is 25.6 Å². The topological polar surface area (TPSA) is 125 Å². The maximum atomic E-state index is 12.3. The van der Waals surface area contributed by atoms with E-state index in [2.05, 4.69) is 20.8 Å². The third-order valence-electron chi connectivity index (χ3n) is 3.57. The van der Waals surface area contributed by atoms with Crippen LogP contribution in [0.25, 0.3) is 10.4 Å². The molecular formula is C18H17N5O5S. The van der Waals surface area contributed by atoms with Crippen LogP contribution in [0.5, 0.6) is 0 Å². The van der Waals surface area contributed by atoms with Gasteiger partial charge in [0.2, 0.25) is 0 Å². The average molecular weight is 415 g/mol. The van der Waals surface area contributed by atoms with Gasteiger partial charge in [-0.2, -0.15) is 0 Å². The monoisotopic (exact) mass is 415 g/mol. The SMILES string of the molecule is CCOC(=O)c1sc(-c2ccccc2)cc1NC(=O)COC(=O)Cn1cnnn1. The minimum Gasteiger partial charge on any atom is -0.462 e. The van der Waals surface area contributed by atoms with Crippen molar-refractivity contribution in [3.8, 4) is 10.4 Å². The molecule has 29 heavy (non-hydrogen) atoms.